The highest BCUT2D eigenvalue weighted by molar-refractivity contribution is 5.84. The standard InChI is InChI=1S/C15H21NO3/c1-10(11-6-5-7-12(8-11)19-4)16-15(13(17)18)9-14(15,2)3/h5-8,10,16H,9H2,1-4H3,(H,17,18)/t10-,15-/m0/s1. The SMILES string of the molecule is COc1cccc([C@H](C)N[C@]2(C(=O)O)CC2(C)C)c1. The number of carboxylic acids is 1. The zero-order chi connectivity index (χ0) is 14.3. The van der Waals surface area contributed by atoms with Crippen molar-refractivity contribution >= 4 is 5.97 Å². The Hall–Kier alpha value is -1.55. The molecule has 104 valence electrons. The first-order valence-electron chi connectivity index (χ1n) is 6.47. The Kier molecular flexibility index (Phi) is 3.31. The van der Waals surface area contributed by atoms with Gasteiger partial charge < -0.3 is 9.84 Å². The maximum atomic E-state index is 11.5. The van der Waals surface area contributed by atoms with Crippen LogP contribution in [0.25, 0.3) is 0 Å². The number of methoxy groups -OCH3 is 1. The van der Waals surface area contributed by atoms with E-state index in [0.717, 1.165) is 11.3 Å². The minimum atomic E-state index is -0.810. The largest absolute Gasteiger partial charge is 0.497 e. The summed E-state index contributed by atoms with van der Waals surface area (Å²) in [6.07, 6.45) is 0.656. The van der Waals surface area contributed by atoms with Crippen LogP contribution in [0.15, 0.2) is 24.3 Å². The van der Waals surface area contributed by atoms with E-state index >= 15 is 0 Å². The van der Waals surface area contributed by atoms with E-state index in [-0.39, 0.29) is 11.5 Å². The quantitative estimate of drug-likeness (QED) is 0.857. The molecule has 0 radical (unpaired) electrons. The van der Waals surface area contributed by atoms with Gasteiger partial charge >= 0.3 is 5.97 Å². The number of carboxylic acid groups (broad SMARTS) is 1. The van der Waals surface area contributed by atoms with Gasteiger partial charge in [-0.2, -0.15) is 0 Å². The van der Waals surface area contributed by atoms with Crippen molar-refractivity contribution in [3.8, 4) is 5.75 Å². The third kappa shape index (κ3) is 2.32. The fourth-order valence-electron chi connectivity index (χ4n) is 2.66. The van der Waals surface area contributed by atoms with Crippen LogP contribution in [0.3, 0.4) is 0 Å². The summed E-state index contributed by atoms with van der Waals surface area (Å²) < 4.78 is 5.20. The highest BCUT2D eigenvalue weighted by atomic mass is 16.5. The Morgan fingerprint density at radius 3 is 2.58 bits per heavy atom. The number of rotatable bonds is 5. The summed E-state index contributed by atoms with van der Waals surface area (Å²) in [6.45, 7) is 5.94. The zero-order valence-corrected chi connectivity index (χ0v) is 11.9. The van der Waals surface area contributed by atoms with E-state index in [2.05, 4.69) is 5.32 Å². The molecule has 2 rings (SSSR count). The molecule has 0 amide bonds. The van der Waals surface area contributed by atoms with Crippen molar-refractivity contribution in [3.63, 3.8) is 0 Å². The van der Waals surface area contributed by atoms with Crippen LogP contribution in [0.1, 0.15) is 38.8 Å². The van der Waals surface area contributed by atoms with E-state index in [1.54, 1.807) is 7.11 Å². The molecule has 2 N–H and O–H groups in total. The number of nitrogens with one attached hydrogen (secondary N) is 1. The van der Waals surface area contributed by atoms with Crippen LogP contribution in [0.4, 0.5) is 0 Å². The van der Waals surface area contributed by atoms with Gasteiger partial charge in [0.2, 0.25) is 0 Å². The number of hydrogen-bond acceptors (Lipinski definition) is 3. The highest BCUT2D eigenvalue weighted by Gasteiger charge is 2.67. The van der Waals surface area contributed by atoms with E-state index in [1.165, 1.54) is 0 Å². The van der Waals surface area contributed by atoms with Crippen molar-refractivity contribution in [2.75, 3.05) is 7.11 Å². The van der Waals surface area contributed by atoms with Gasteiger partial charge in [0, 0.05) is 6.04 Å². The number of benzene rings is 1. The van der Waals surface area contributed by atoms with E-state index in [0.29, 0.717) is 6.42 Å². The molecule has 1 aromatic rings. The lowest BCUT2D eigenvalue weighted by Gasteiger charge is -2.23. The molecular weight excluding hydrogens is 242 g/mol. The van der Waals surface area contributed by atoms with Crippen LogP contribution >= 0.6 is 0 Å². The number of aliphatic carboxylic acids is 1. The van der Waals surface area contributed by atoms with Crippen LogP contribution < -0.4 is 10.1 Å². The van der Waals surface area contributed by atoms with Gasteiger partial charge in [0.25, 0.3) is 0 Å². The van der Waals surface area contributed by atoms with Crippen molar-refractivity contribution < 1.29 is 14.6 Å². The Balaban J connectivity index is 2.17. The molecule has 0 bridgehead atoms. The maximum Gasteiger partial charge on any atom is 0.324 e. The van der Waals surface area contributed by atoms with Crippen LogP contribution in [0.2, 0.25) is 0 Å². The van der Waals surface area contributed by atoms with Crippen LogP contribution in [-0.4, -0.2) is 23.7 Å². The van der Waals surface area contributed by atoms with E-state index in [4.69, 9.17) is 4.74 Å². The average molecular weight is 263 g/mol. The van der Waals surface area contributed by atoms with Gasteiger partial charge in [-0.25, -0.2) is 0 Å². The van der Waals surface area contributed by atoms with Gasteiger partial charge in [0.05, 0.1) is 7.11 Å². The monoisotopic (exact) mass is 263 g/mol. The van der Waals surface area contributed by atoms with Gasteiger partial charge in [-0.15, -0.1) is 0 Å². The van der Waals surface area contributed by atoms with Crippen molar-refractivity contribution in [2.45, 2.75) is 38.8 Å². The minimum absolute atomic E-state index is 0.0343. The van der Waals surface area contributed by atoms with E-state index in [9.17, 15) is 9.90 Å². The third-order valence-corrected chi connectivity index (χ3v) is 4.16. The lowest BCUT2D eigenvalue weighted by molar-refractivity contribution is -0.142. The summed E-state index contributed by atoms with van der Waals surface area (Å²) in [5.74, 6) is 0.0119. The first-order valence-corrected chi connectivity index (χ1v) is 6.47. The molecule has 0 spiro atoms. The summed E-state index contributed by atoms with van der Waals surface area (Å²) in [6, 6.07) is 7.67. The molecule has 0 heterocycles. The predicted octanol–water partition coefficient (Wildman–Crippen LogP) is 2.60. The number of hydrogen-bond donors (Lipinski definition) is 2. The average Bonchev–Trinajstić information content (AvgIpc) is 2.92. The first-order chi connectivity index (χ1) is 8.82. The second-order valence-corrected chi connectivity index (χ2v) is 5.91. The van der Waals surface area contributed by atoms with Crippen LogP contribution in [0, 0.1) is 5.41 Å². The van der Waals surface area contributed by atoms with Crippen LogP contribution in [0.5, 0.6) is 5.75 Å². The Morgan fingerprint density at radius 2 is 2.11 bits per heavy atom. The number of carbonyl (C=O) groups is 1. The van der Waals surface area contributed by atoms with E-state index in [1.807, 2.05) is 45.0 Å². The fourth-order valence-corrected chi connectivity index (χ4v) is 2.66. The Labute approximate surface area is 113 Å². The van der Waals surface area contributed by atoms with Gasteiger partial charge in [-0.05, 0) is 36.5 Å². The molecular formula is C15H21NO3. The van der Waals surface area contributed by atoms with Crippen molar-refractivity contribution in [2.24, 2.45) is 5.41 Å². The van der Waals surface area contributed by atoms with Gasteiger partial charge in [-0.3, -0.25) is 10.1 Å². The summed E-state index contributed by atoms with van der Waals surface area (Å²) in [4.78, 5) is 11.5. The summed E-state index contributed by atoms with van der Waals surface area (Å²) in [5, 5.41) is 12.7. The second-order valence-electron chi connectivity index (χ2n) is 5.91. The Bertz CT molecular complexity index is 498. The molecule has 0 saturated heterocycles. The third-order valence-electron chi connectivity index (χ3n) is 4.16. The molecule has 1 fully saturated rings. The van der Waals surface area contributed by atoms with Gasteiger partial charge in [-0.1, -0.05) is 26.0 Å². The van der Waals surface area contributed by atoms with Gasteiger partial charge in [0.1, 0.15) is 11.3 Å². The molecule has 0 unspecified atom stereocenters. The second kappa shape index (κ2) is 4.53. The topological polar surface area (TPSA) is 58.6 Å². The van der Waals surface area contributed by atoms with Crippen molar-refractivity contribution in [3.05, 3.63) is 29.8 Å². The lowest BCUT2D eigenvalue weighted by atomic mass is 10.0. The molecule has 0 aromatic heterocycles. The maximum absolute atomic E-state index is 11.5. The summed E-state index contributed by atoms with van der Waals surface area (Å²) in [7, 11) is 1.62. The predicted molar refractivity (Wildman–Crippen MR) is 73.3 cm³/mol. The number of ether oxygens (including phenoxy) is 1. The normalized spacial score (nSPS) is 25.7. The molecule has 4 nitrogen and oxygen atoms in total. The molecule has 1 aliphatic rings. The molecule has 1 aromatic carbocycles. The minimum Gasteiger partial charge on any atom is -0.497 e. The summed E-state index contributed by atoms with van der Waals surface area (Å²) >= 11 is 0. The highest BCUT2D eigenvalue weighted by Crippen LogP contribution is 2.56. The van der Waals surface area contributed by atoms with E-state index < -0.39 is 11.5 Å². The zero-order valence-electron chi connectivity index (χ0n) is 11.9. The first kappa shape index (κ1) is 13.9. The lowest BCUT2D eigenvalue weighted by Crippen LogP contribution is -2.44. The molecule has 2 atom stereocenters. The molecule has 19 heavy (non-hydrogen) atoms. The van der Waals surface area contributed by atoms with Crippen molar-refractivity contribution in [1.29, 1.82) is 0 Å². The van der Waals surface area contributed by atoms with Crippen molar-refractivity contribution in [1.82, 2.24) is 5.32 Å². The molecule has 4 heteroatoms. The smallest absolute Gasteiger partial charge is 0.324 e. The Morgan fingerprint density at radius 1 is 1.47 bits per heavy atom. The molecule has 0 aliphatic heterocycles. The van der Waals surface area contributed by atoms with Crippen LogP contribution in [-0.2, 0) is 4.79 Å². The fraction of sp³-hybridized carbons (Fsp3) is 0.533. The summed E-state index contributed by atoms with van der Waals surface area (Å²) in [5.41, 5.74) is 0.0178. The van der Waals surface area contributed by atoms with Gasteiger partial charge in [0.15, 0.2) is 0 Å². The molecule has 1 aliphatic carbocycles. The molecule has 1 saturated carbocycles.